The first kappa shape index (κ1) is 15.8. The van der Waals surface area contributed by atoms with Gasteiger partial charge in [0.2, 0.25) is 5.91 Å². The van der Waals surface area contributed by atoms with E-state index in [0.717, 1.165) is 0 Å². The largest absolute Gasteiger partial charge is 1.00 e. The molecule has 0 unspecified atom stereocenters. The Hall–Kier alpha value is -0.630. The first-order valence-electron chi connectivity index (χ1n) is 3.45. The van der Waals surface area contributed by atoms with Crippen molar-refractivity contribution in [1.29, 1.82) is 0 Å². The van der Waals surface area contributed by atoms with Gasteiger partial charge >= 0.3 is 35.5 Å². The van der Waals surface area contributed by atoms with Gasteiger partial charge < -0.3 is 21.3 Å². The minimum Gasteiger partial charge on any atom is -0.861 e. The number of rotatable bonds is 5. The third-order valence-corrected chi connectivity index (χ3v) is 1.01. The maximum absolute atomic E-state index is 10.7. The summed E-state index contributed by atoms with van der Waals surface area (Å²) in [5, 5.41) is 20.7. The Balaban J connectivity index is 0. The monoisotopic (exact) mass is 211 g/mol. The molecule has 0 fully saturated rings. The van der Waals surface area contributed by atoms with Crippen molar-refractivity contribution in [1.82, 2.24) is 5.32 Å². The molecule has 0 aliphatic carbocycles. The van der Waals surface area contributed by atoms with Crippen molar-refractivity contribution < 1.29 is 49.4 Å². The quantitative estimate of drug-likeness (QED) is 0.237. The maximum atomic E-state index is 10.7. The van der Waals surface area contributed by atoms with Crippen molar-refractivity contribution in [2.24, 2.45) is 10.7 Å². The smallest absolute Gasteiger partial charge is 0.861 e. The van der Waals surface area contributed by atoms with Gasteiger partial charge in [-0.15, -0.1) is 0 Å². The van der Waals surface area contributed by atoms with E-state index in [0.29, 0.717) is 0 Å². The number of nitrogens with two attached hydrogens (primary N) is 1. The summed E-state index contributed by atoms with van der Waals surface area (Å²) in [6, 6.07) is 0. The van der Waals surface area contributed by atoms with Gasteiger partial charge in [0.05, 0.1) is 0 Å². The fourth-order valence-corrected chi connectivity index (χ4v) is 0.455. The standard InChI is InChI=1S/C6H11N3O4.Na/c7-1-4(10)8-2-5(11)9-3-6(12)13;/h1-3,7H2,(H,8,10)(H,9,11)(H,12,13);/q;+1/p-1. The van der Waals surface area contributed by atoms with Crippen LogP contribution in [0.5, 0.6) is 0 Å². The minimum absolute atomic E-state index is 0. The number of hydrogen-bond acceptors (Lipinski definition) is 5. The van der Waals surface area contributed by atoms with E-state index in [2.05, 4.69) is 4.99 Å². The maximum Gasteiger partial charge on any atom is 1.00 e. The topological polar surface area (TPSA) is 128 Å². The van der Waals surface area contributed by atoms with Crippen molar-refractivity contribution in [2.45, 2.75) is 0 Å². The number of nitrogens with one attached hydrogen (secondary N) is 1. The zero-order valence-electron chi connectivity index (χ0n) is 7.82. The van der Waals surface area contributed by atoms with Gasteiger partial charge in [0.25, 0.3) is 0 Å². The van der Waals surface area contributed by atoms with E-state index >= 15 is 0 Å². The van der Waals surface area contributed by atoms with Crippen molar-refractivity contribution in [3.05, 3.63) is 0 Å². The van der Waals surface area contributed by atoms with E-state index in [1.54, 1.807) is 0 Å². The van der Waals surface area contributed by atoms with Crippen LogP contribution in [0.25, 0.3) is 0 Å². The molecule has 0 aliphatic rings. The number of carboxylic acid groups (broad SMARTS) is 1. The molecule has 0 aromatic heterocycles. The summed E-state index contributed by atoms with van der Waals surface area (Å²) < 4.78 is 0. The Labute approximate surface area is 103 Å². The molecule has 0 aromatic rings. The van der Waals surface area contributed by atoms with Crippen LogP contribution in [0.15, 0.2) is 4.99 Å². The first-order valence-corrected chi connectivity index (χ1v) is 3.45. The van der Waals surface area contributed by atoms with Crippen LogP contribution in [0.3, 0.4) is 0 Å². The predicted molar refractivity (Wildman–Crippen MR) is 42.0 cm³/mol. The molecule has 1 amide bonds. The molecule has 0 aromatic carbocycles. The number of carbonyl (C=O) groups excluding carboxylic acids is 1. The first-order chi connectivity index (χ1) is 6.06. The summed E-state index contributed by atoms with van der Waals surface area (Å²) in [7, 11) is 0. The van der Waals surface area contributed by atoms with E-state index in [-0.39, 0.29) is 42.6 Å². The summed E-state index contributed by atoms with van der Waals surface area (Å²) in [5.41, 5.74) is 4.91. The number of hydrogen-bond donors (Lipinski definition) is 3. The van der Waals surface area contributed by atoms with Crippen molar-refractivity contribution in [3.8, 4) is 0 Å². The van der Waals surface area contributed by atoms with Gasteiger partial charge in [-0.1, -0.05) is 0 Å². The molecule has 0 atom stereocenters. The van der Waals surface area contributed by atoms with Crippen LogP contribution in [0, 0.1) is 0 Å². The van der Waals surface area contributed by atoms with Gasteiger partial charge in [-0.2, -0.15) is 0 Å². The van der Waals surface area contributed by atoms with E-state index in [9.17, 15) is 14.7 Å². The SMILES string of the molecule is NCC([O-])=NCC(=O)NCC(=O)O.[Na+]. The normalized spacial score (nSPS) is 10.2. The van der Waals surface area contributed by atoms with E-state index in [1.165, 1.54) is 0 Å². The molecule has 0 rings (SSSR count). The Morgan fingerprint density at radius 2 is 2.07 bits per heavy atom. The molecular weight excluding hydrogens is 201 g/mol. The summed E-state index contributed by atoms with van der Waals surface area (Å²) in [6.07, 6.45) is 0. The number of aliphatic imine (C=N–C) groups is 1. The Bertz CT molecular complexity index is 231. The fraction of sp³-hybridized carbons (Fsp3) is 0.500. The molecule has 0 saturated heterocycles. The summed E-state index contributed by atoms with van der Waals surface area (Å²) in [5.74, 6) is -2.37. The molecular formula is C6H10N3NaO4. The number of carboxylic acids is 1. The number of carbonyl (C=O) groups is 2. The number of aliphatic carboxylic acids is 1. The van der Waals surface area contributed by atoms with Gasteiger partial charge in [0.15, 0.2) is 0 Å². The van der Waals surface area contributed by atoms with E-state index in [4.69, 9.17) is 10.8 Å². The third-order valence-electron chi connectivity index (χ3n) is 1.01. The van der Waals surface area contributed by atoms with Crippen LogP contribution in [0.4, 0.5) is 0 Å². The molecule has 0 radical (unpaired) electrons. The molecule has 0 heterocycles. The molecule has 7 nitrogen and oxygen atoms in total. The third kappa shape index (κ3) is 9.46. The van der Waals surface area contributed by atoms with Crippen molar-refractivity contribution in [2.75, 3.05) is 19.6 Å². The average molecular weight is 211 g/mol. The molecule has 0 aliphatic heterocycles. The molecule has 8 heteroatoms. The van der Waals surface area contributed by atoms with Gasteiger partial charge in [-0.3, -0.25) is 14.6 Å². The molecule has 0 saturated carbocycles. The molecule has 0 bridgehead atoms. The molecule has 74 valence electrons. The second-order valence-electron chi connectivity index (χ2n) is 2.08. The van der Waals surface area contributed by atoms with Crippen LogP contribution in [-0.4, -0.2) is 42.5 Å². The fourth-order valence-electron chi connectivity index (χ4n) is 0.455. The van der Waals surface area contributed by atoms with Crippen molar-refractivity contribution in [3.63, 3.8) is 0 Å². The summed E-state index contributed by atoms with van der Waals surface area (Å²) in [4.78, 5) is 23.9. The molecule has 0 spiro atoms. The average Bonchev–Trinajstić information content (AvgIpc) is 2.10. The second-order valence-corrected chi connectivity index (χ2v) is 2.08. The van der Waals surface area contributed by atoms with E-state index in [1.807, 2.05) is 5.32 Å². The Morgan fingerprint density at radius 1 is 1.50 bits per heavy atom. The summed E-state index contributed by atoms with van der Waals surface area (Å²) in [6.45, 7) is -1.12. The van der Waals surface area contributed by atoms with Gasteiger partial charge in [-0.25, -0.2) is 0 Å². The van der Waals surface area contributed by atoms with Crippen LogP contribution < -0.4 is 45.7 Å². The summed E-state index contributed by atoms with van der Waals surface area (Å²) >= 11 is 0. The van der Waals surface area contributed by atoms with Gasteiger partial charge in [0, 0.05) is 6.54 Å². The van der Waals surface area contributed by atoms with Gasteiger partial charge in [-0.05, 0) is 5.90 Å². The minimum atomic E-state index is -1.15. The molecule has 4 N–H and O–H groups in total. The van der Waals surface area contributed by atoms with Crippen LogP contribution in [0.2, 0.25) is 0 Å². The second kappa shape index (κ2) is 8.95. The van der Waals surface area contributed by atoms with E-state index < -0.39 is 24.3 Å². The molecule has 14 heavy (non-hydrogen) atoms. The Kier molecular flexibility index (Phi) is 10.1. The Morgan fingerprint density at radius 3 is 2.50 bits per heavy atom. The number of amides is 1. The predicted octanol–water partition coefficient (Wildman–Crippen LogP) is -6.09. The number of nitrogens with zero attached hydrogens (tertiary/aromatic N) is 1. The van der Waals surface area contributed by atoms with Crippen LogP contribution in [0.1, 0.15) is 0 Å². The van der Waals surface area contributed by atoms with Crippen molar-refractivity contribution >= 4 is 17.8 Å². The van der Waals surface area contributed by atoms with Gasteiger partial charge in [0.1, 0.15) is 13.1 Å². The zero-order valence-corrected chi connectivity index (χ0v) is 9.82. The zero-order chi connectivity index (χ0) is 10.3. The van der Waals surface area contributed by atoms with Crippen LogP contribution >= 0.6 is 0 Å². The van der Waals surface area contributed by atoms with Crippen LogP contribution in [-0.2, 0) is 9.59 Å².